The molecule has 2 nitrogen and oxygen atoms in total. The molecule has 0 amide bonds. The molecule has 0 heterocycles. The fraction of sp³-hybridized carbons (Fsp3) is 0.957. The molecular formula is C23H38O2. The summed E-state index contributed by atoms with van der Waals surface area (Å²) < 4.78 is 0. The summed E-state index contributed by atoms with van der Waals surface area (Å²) >= 11 is 0. The van der Waals surface area contributed by atoms with Gasteiger partial charge in [0, 0.05) is 5.92 Å². The number of fused-ring (bicyclic) bond motifs is 5. The summed E-state index contributed by atoms with van der Waals surface area (Å²) in [5.74, 6) is 4.36. The van der Waals surface area contributed by atoms with E-state index in [9.17, 15) is 9.90 Å². The minimum absolute atomic E-state index is 0.246. The van der Waals surface area contributed by atoms with Crippen LogP contribution in [0.1, 0.15) is 86.0 Å². The maximum absolute atomic E-state index is 12.4. The van der Waals surface area contributed by atoms with Gasteiger partial charge in [0.05, 0.1) is 5.60 Å². The van der Waals surface area contributed by atoms with Gasteiger partial charge in [-0.15, -0.1) is 0 Å². The summed E-state index contributed by atoms with van der Waals surface area (Å²) in [5, 5.41) is 10.6. The maximum atomic E-state index is 12.4. The Bertz CT molecular complexity index is 566. The Morgan fingerprint density at radius 2 is 1.68 bits per heavy atom. The first-order valence-electron chi connectivity index (χ1n) is 10.8. The van der Waals surface area contributed by atoms with Gasteiger partial charge in [0.1, 0.15) is 5.78 Å². The molecule has 4 aliphatic carbocycles. The highest BCUT2D eigenvalue weighted by Gasteiger charge is 2.62. The SMILES string of the molecule is CC(=O)[C@H]1[C@H](C)C[C@H]2C3CC[C@H]4C[C@](C)(O)CC[C@]4(C)[C@H]3CC[C@@]21C. The summed E-state index contributed by atoms with van der Waals surface area (Å²) in [7, 11) is 0. The van der Waals surface area contributed by atoms with Crippen LogP contribution in [0.25, 0.3) is 0 Å². The lowest BCUT2D eigenvalue weighted by Crippen LogP contribution is -2.55. The zero-order chi connectivity index (χ0) is 18.2. The van der Waals surface area contributed by atoms with E-state index >= 15 is 0 Å². The molecule has 25 heavy (non-hydrogen) atoms. The second kappa shape index (κ2) is 5.57. The maximum Gasteiger partial charge on any atom is 0.133 e. The lowest BCUT2D eigenvalue weighted by Gasteiger charge is -2.61. The largest absolute Gasteiger partial charge is 0.390 e. The van der Waals surface area contributed by atoms with Gasteiger partial charge in [-0.25, -0.2) is 0 Å². The first-order chi connectivity index (χ1) is 11.6. The van der Waals surface area contributed by atoms with E-state index in [4.69, 9.17) is 0 Å². The van der Waals surface area contributed by atoms with E-state index in [0.29, 0.717) is 23.0 Å². The van der Waals surface area contributed by atoms with Gasteiger partial charge in [-0.2, -0.15) is 0 Å². The molecule has 1 N–H and O–H groups in total. The van der Waals surface area contributed by atoms with E-state index in [-0.39, 0.29) is 11.3 Å². The third-order valence-corrected chi connectivity index (χ3v) is 9.73. The third-order valence-electron chi connectivity index (χ3n) is 9.73. The van der Waals surface area contributed by atoms with Crippen LogP contribution >= 0.6 is 0 Å². The van der Waals surface area contributed by atoms with Gasteiger partial charge in [0.15, 0.2) is 0 Å². The Kier molecular flexibility index (Phi) is 4.01. The number of hydrogen-bond acceptors (Lipinski definition) is 2. The van der Waals surface area contributed by atoms with Crippen molar-refractivity contribution in [3.05, 3.63) is 0 Å². The average Bonchev–Trinajstić information content (AvgIpc) is 2.78. The predicted octanol–water partition coefficient (Wildman–Crippen LogP) is 5.23. The Labute approximate surface area is 154 Å². The van der Waals surface area contributed by atoms with Crippen molar-refractivity contribution in [1.29, 1.82) is 0 Å². The molecule has 0 spiro atoms. The molecule has 9 atom stereocenters. The molecule has 0 bridgehead atoms. The lowest BCUT2D eigenvalue weighted by atomic mass is 9.44. The third kappa shape index (κ3) is 2.49. The Morgan fingerprint density at radius 1 is 0.960 bits per heavy atom. The molecule has 0 aromatic carbocycles. The van der Waals surface area contributed by atoms with Crippen LogP contribution in [0.4, 0.5) is 0 Å². The number of carbonyl (C=O) groups is 1. The second-order valence-electron chi connectivity index (χ2n) is 11.2. The van der Waals surface area contributed by atoms with E-state index in [1.54, 1.807) is 0 Å². The summed E-state index contributed by atoms with van der Waals surface area (Å²) in [5.41, 5.74) is 0.224. The van der Waals surface area contributed by atoms with Crippen molar-refractivity contribution in [3.8, 4) is 0 Å². The highest BCUT2D eigenvalue weighted by Crippen LogP contribution is 2.68. The Balaban J connectivity index is 1.63. The summed E-state index contributed by atoms with van der Waals surface area (Å²) in [4.78, 5) is 12.4. The van der Waals surface area contributed by atoms with Crippen LogP contribution in [0.3, 0.4) is 0 Å². The molecular weight excluding hydrogens is 308 g/mol. The van der Waals surface area contributed by atoms with Crippen molar-refractivity contribution in [1.82, 2.24) is 0 Å². The lowest BCUT2D eigenvalue weighted by molar-refractivity contribution is -0.150. The molecule has 4 fully saturated rings. The standard InChI is InChI=1S/C23H38O2/c1-14-12-19-17-7-6-16-13-21(3,25)10-11-22(16,4)18(17)8-9-23(19,5)20(14)15(2)24/h14,16-20,25H,6-13H2,1-5H3/t14-,16+,17?,18+,19+,20-,21-,22+,23+/m1/s1. The number of Topliss-reactive ketones (excluding diaryl/α,β-unsaturated/α-hetero) is 1. The van der Waals surface area contributed by atoms with E-state index in [0.717, 1.165) is 30.6 Å². The van der Waals surface area contributed by atoms with Crippen molar-refractivity contribution < 1.29 is 9.90 Å². The smallest absolute Gasteiger partial charge is 0.133 e. The van der Waals surface area contributed by atoms with E-state index < -0.39 is 5.60 Å². The average molecular weight is 347 g/mol. The monoisotopic (exact) mass is 346 g/mol. The second-order valence-corrected chi connectivity index (χ2v) is 11.2. The predicted molar refractivity (Wildman–Crippen MR) is 101 cm³/mol. The molecule has 4 saturated carbocycles. The molecule has 2 heteroatoms. The highest BCUT2D eigenvalue weighted by molar-refractivity contribution is 5.80. The summed E-state index contributed by atoms with van der Waals surface area (Å²) in [6.45, 7) is 11.2. The van der Waals surface area contributed by atoms with Crippen LogP contribution in [0.5, 0.6) is 0 Å². The van der Waals surface area contributed by atoms with Crippen molar-refractivity contribution in [2.24, 2.45) is 46.3 Å². The van der Waals surface area contributed by atoms with Crippen LogP contribution in [-0.4, -0.2) is 16.5 Å². The van der Waals surface area contributed by atoms with Crippen molar-refractivity contribution in [2.45, 2.75) is 91.6 Å². The molecule has 4 aliphatic rings. The highest BCUT2D eigenvalue weighted by atomic mass is 16.3. The molecule has 1 unspecified atom stereocenters. The van der Waals surface area contributed by atoms with Crippen LogP contribution in [0.2, 0.25) is 0 Å². The molecule has 0 radical (unpaired) electrons. The summed E-state index contributed by atoms with van der Waals surface area (Å²) in [6, 6.07) is 0. The van der Waals surface area contributed by atoms with Gasteiger partial charge < -0.3 is 5.11 Å². The Morgan fingerprint density at radius 3 is 2.36 bits per heavy atom. The fourth-order valence-corrected chi connectivity index (χ4v) is 8.66. The van der Waals surface area contributed by atoms with Crippen LogP contribution in [-0.2, 0) is 4.79 Å². The van der Waals surface area contributed by atoms with Gasteiger partial charge in [0.2, 0.25) is 0 Å². The first kappa shape index (κ1) is 18.0. The van der Waals surface area contributed by atoms with Gasteiger partial charge in [-0.3, -0.25) is 4.79 Å². The molecule has 0 aromatic heterocycles. The molecule has 142 valence electrons. The number of rotatable bonds is 1. The van der Waals surface area contributed by atoms with E-state index in [1.165, 1.54) is 38.5 Å². The summed E-state index contributed by atoms with van der Waals surface area (Å²) in [6.07, 6.45) is 9.60. The first-order valence-corrected chi connectivity index (χ1v) is 10.8. The number of carbonyl (C=O) groups excluding carboxylic acids is 1. The van der Waals surface area contributed by atoms with Crippen LogP contribution < -0.4 is 0 Å². The van der Waals surface area contributed by atoms with Crippen molar-refractivity contribution in [3.63, 3.8) is 0 Å². The minimum atomic E-state index is -0.443. The van der Waals surface area contributed by atoms with Gasteiger partial charge in [-0.05, 0) is 106 Å². The number of ketones is 1. The molecule has 0 aliphatic heterocycles. The zero-order valence-electron chi connectivity index (χ0n) is 17.0. The van der Waals surface area contributed by atoms with Crippen molar-refractivity contribution >= 4 is 5.78 Å². The normalized spacial score (nSPS) is 58.2. The van der Waals surface area contributed by atoms with Gasteiger partial charge in [0.25, 0.3) is 0 Å². The van der Waals surface area contributed by atoms with Crippen LogP contribution in [0.15, 0.2) is 0 Å². The minimum Gasteiger partial charge on any atom is -0.390 e. The fourth-order valence-electron chi connectivity index (χ4n) is 8.66. The Hall–Kier alpha value is -0.370. The van der Waals surface area contributed by atoms with E-state index in [2.05, 4.69) is 20.8 Å². The van der Waals surface area contributed by atoms with E-state index in [1.807, 2.05) is 13.8 Å². The number of aliphatic hydroxyl groups is 1. The van der Waals surface area contributed by atoms with Crippen LogP contribution in [0, 0.1) is 46.3 Å². The van der Waals surface area contributed by atoms with Gasteiger partial charge in [-0.1, -0.05) is 20.8 Å². The molecule has 0 saturated heterocycles. The van der Waals surface area contributed by atoms with Gasteiger partial charge >= 0.3 is 0 Å². The topological polar surface area (TPSA) is 37.3 Å². The van der Waals surface area contributed by atoms with Crippen molar-refractivity contribution in [2.75, 3.05) is 0 Å². The zero-order valence-corrected chi connectivity index (χ0v) is 17.0. The molecule has 4 rings (SSSR count). The molecule has 0 aromatic rings. The number of hydrogen-bond donors (Lipinski definition) is 1. The quantitative estimate of drug-likeness (QED) is 0.706.